The maximum atomic E-state index is 14.4. The molecule has 2 aliphatic heterocycles. The van der Waals surface area contributed by atoms with Crippen LogP contribution in [0.15, 0.2) is 60.9 Å². The van der Waals surface area contributed by atoms with Crippen molar-refractivity contribution in [2.45, 2.75) is 29.7 Å². The van der Waals surface area contributed by atoms with Gasteiger partial charge in [-0.15, -0.1) is 11.6 Å². The molecule has 0 aliphatic carbocycles. The Balaban J connectivity index is 1.86. The summed E-state index contributed by atoms with van der Waals surface area (Å²) in [5.41, 5.74) is 1.72. The van der Waals surface area contributed by atoms with Gasteiger partial charge in [0.25, 0.3) is 0 Å². The predicted octanol–water partition coefficient (Wildman–Crippen LogP) is 4.63. The smallest absolute Gasteiger partial charge is 0.239 e. The maximum Gasteiger partial charge on any atom is 0.239 e. The van der Waals surface area contributed by atoms with E-state index in [0.29, 0.717) is 27.4 Å². The molecule has 2 aromatic carbocycles. The molecule has 5 nitrogen and oxygen atoms in total. The van der Waals surface area contributed by atoms with Crippen LogP contribution in [0.25, 0.3) is 0 Å². The Hall–Kier alpha value is -2.96. The van der Waals surface area contributed by atoms with Crippen LogP contribution in [0, 0.1) is 12.7 Å². The number of hydrogen-bond acceptors (Lipinski definition) is 3. The average molecular weight is 470 g/mol. The van der Waals surface area contributed by atoms with E-state index in [1.165, 1.54) is 12.1 Å². The maximum absolute atomic E-state index is 14.4. The van der Waals surface area contributed by atoms with Gasteiger partial charge in [-0.1, -0.05) is 29.8 Å². The van der Waals surface area contributed by atoms with Crippen LogP contribution in [0.4, 0.5) is 10.1 Å². The molecule has 4 unspecified atom stereocenters. The van der Waals surface area contributed by atoms with E-state index in [0.717, 1.165) is 5.56 Å². The molecule has 3 heterocycles. The average Bonchev–Trinajstić information content (AvgIpc) is 3.05. The topological polar surface area (TPSA) is 71.1 Å². The molecule has 32 heavy (non-hydrogen) atoms. The number of aryl methyl sites for hydroxylation is 1. The molecular formula is C24H18Cl2FN3O2. The van der Waals surface area contributed by atoms with Crippen LogP contribution >= 0.6 is 23.2 Å². The molecule has 8 heteroatoms. The van der Waals surface area contributed by atoms with Crippen molar-refractivity contribution in [3.8, 4) is 0 Å². The second-order valence-corrected chi connectivity index (χ2v) is 9.03. The van der Waals surface area contributed by atoms with Crippen molar-refractivity contribution in [3.05, 3.63) is 94.0 Å². The van der Waals surface area contributed by atoms with Gasteiger partial charge in [0.05, 0.1) is 6.04 Å². The fourth-order valence-corrected chi connectivity index (χ4v) is 5.64. The Bertz CT molecular complexity index is 1250. The molecule has 4 atom stereocenters. The van der Waals surface area contributed by atoms with Crippen molar-refractivity contribution >= 4 is 40.7 Å². The van der Waals surface area contributed by atoms with E-state index in [2.05, 4.69) is 15.6 Å². The Morgan fingerprint density at radius 3 is 2.69 bits per heavy atom. The number of aromatic nitrogens is 1. The number of anilines is 1. The fourth-order valence-electron chi connectivity index (χ4n) is 5.06. The number of piperidine rings is 1. The van der Waals surface area contributed by atoms with Crippen molar-refractivity contribution < 1.29 is 14.0 Å². The minimum absolute atomic E-state index is 0.345. The second kappa shape index (κ2) is 7.57. The summed E-state index contributed by atoms with van der Waals surface area (Å²) in [4.78, 5) is 31.1. The SMILES string of the molecule is Cc1ccc(F)cc1C1NC(=O)C(Cl)C(c2cccnc2)C12C(=O)Nc1cc(Cl)ccc12. The summed E-state index contributed by atoms with van der Waals surface area (Å²) in [5.74, 6) is -2.00. The van der Waals surface area contributed by atoms with Gasteiger partial charge in [0.1, 0.15) is 16.6 Å². The largest absolute Gasteiger partial charge is 0.347 e. The van der Waals surface area contributed by atoms with Crippen molar-refractivity contribution in [1.82, 2.24) is 10.3 Å². The Labute approximate surface area is 194 Å². The van der Waals surface area contributed by atoms with Gasteiger partial charge >= 0.3 is 0 Å². The number of benzene rings is 2. The summed E-state index contributed by atoms with van der Waals surface area (Å²) in [6.45, 7) is 1.82. The first-order valence-electron chi connectivity index (χ1n) is 10.1. The molecule has 1 spiro atoms. The Kier molecular flexibility index (Phi) is 4.95. The molecule has 0 saturated carbocycles. The first-order valence-corrected chi connectivity index (χ1v) is 10.9. The Morgan fingerprint density at radius 1 is 1.12 bits per heavy atom. The third-order valence-electron chi connectivity index (χ3n) is 6.42. The van der Waals surface area contributed by atoms with E-state index in [1.54, 1.807) is 48.8 Å². The normalized spacial score (nSPS) is 26.6. The molecule has 2 N–H and O–H groups in total. The third-order valence-corrected chi connectivity index (χ3v) is 7.11. The number of nitrogens with one attached hydrogen (secondary N) is 2. The predicted molar refractivity (Wildman–Crippen MR) is 120 cm³/mol. The number of carbonyl (C=O) groups excluding carboxylic acids is 2. The Morgan fingerprint density at radius 2 is 1.94 bits per heavy atom. The number of fused-ring (bicyclic) bond motifs is 2. The zero-order valence-electron chi connectivity index (χ0n) is 16.9. The van der Waals surface area contributed by atoms with Crippen LogP contribution in [0.5, 0.6) is 0 Å². The highest BCUT2D eigenvalue weighted by atomic mass is 35.5. The van der Waals surface area contributed by atoms with Crippen molar-refractivity contribution in [2.75, 3.05) is 5.32 Å². The van der Waals surface area contributed by atoms with Crippen LogP contribution in [-0.2, 0) is 15.0 Å². The van der Waals surface area contributed by atoms with Gasteiger partial charge in [-0.05, 0) is 59.5 Å². The van der Waals surface area contributed by atoms with Gasteiger partial charge in [0.15, 0.2) is 0 Å². The zero-order chi connectivity index (χ0) is 22.6. The van der Waals surface area contributed by atoms with Gasteiger partial charge in [0, 0.05) is 29.0 Å². The van der Waals surface area contributed by atoms with E-state index >= 15 is 0 Å². The second-order valence-electron chi connectivity index (χ2n) is 8.12. The van der Waals surface area contributed by atoms with E-state index in [-0.39, 0.29) is 5.91 Å². The summed E-state index contributed by atoms with van der Waals surface area (Å²) in [6, 6.07) is 12.1. The van der Waals surface area contributed by atoms with Crippen molar-refractivity contribution in [1.29, 1.82) is 0 Å². The lowest BCUT2D eigenvalue weighted by Gasteiger charge is -2.48. The highest BCUT2D eigenvalue weighted by molar-refractivity contribution is 6.33. The molecule has 1 saturated heterocycles. The quantitative estimate of drug-likeness (QED) is 0.537. The van der Waals surface area contributed by atoms with Gasteiger partial charge in [0.2, 0.25) is 11.8 Å². The lowest BCUT2D eigenvalue weighted by molar-refractivity contribution is -0.131. The van der Waals surface area contributed by atoms with E-state index in [9.17, 15) is 14.0 Å². The van der Waals surface area contributed by atoms with E-state index < -0.39 is 34.5 Å². The van der Waals surface area contributed by atoms with Gasteiger partial charge < -0.3 is 10.6 Å². The molecule has 1 aromatic heterocycles. The standard InChI is InChI=1S/C24H18Cl2FN3O2/c1-12-4-6-15(27)10-16(12)21-24(17-7-5-14(25)9-18(17)29-23(24)32)19(20(26)22(31)30-21)13-3-2-8-28-11-13/h2-11,19-21H,1H3,(H,29,32)(H,30,31). The van der Waals surface area contributed by atoms with Gasteiger partial charge in [-0.3, -0.25) is 14.6 Å². The number of amides is 2. The summed E-state index contributed by atoms with van der Waals surface area (Å²) in [7, 11) is 0. The van der Waals surface area contributed by atoms with Crippen LogP contribution in [0.3, 0.4) is 0 Å². The van der Waals surface area contributed by atoms with Crippen LogP contribution < -0.4 is 10.6 Å². The molecule has 162 valence electrons. The number of carbonyl (C=O) groups is 2. The van der Waals surface area contributed by atoms with E-state index in [4.69, 9.17) is 23.2 Å². The minimum Gasteiger partial charge on any atom is -0.347 e. The summed E-state index contributed by atoms with van der Waals surface area (Å²) in [6.07, 6.45) is 3.22. The van der Waals surface area contributed by atoms with E-state index in [1.807, 2.05) is 6.92 Å². The third kappa shape index (κ3) is 2.93. The number of pyridine rings is 1. The molecule has 1 fully saturated rings. The summed E-state index contributed by atoms with van der Waals surface area (Å²) >= 11 is 12.9. The van der Waals surface area contributed by atoms with Crippen LogP contribution in [0.2, 0.25) is 5.02 Å². The highest BCUT2D eigenvalue weighted by Crippen LogP contribution is 2.58. The van der Waals surface area contributed by atoms with Crippen LogP contribution in [0.1, 0.15) is 34.2 Å². The lowest BCUT2D eigenvalue weighted by Crippen LogP contribution is -2.61. The highest BCUT2D eigenvalue weighted by Gasteiger charge is 2.64. The number of halogens is 3. The lowest BCUT2D eigenvalue weighted by atomic mass is 9.59. The summed E-state index contributed by atoms with van der Waals surface area (Å²) < 4.78 is 14.4. The zero-order valence-corrected chi connectivity index (χ0v) is 18.4. The first kappa shape index (κ1) is 20.9. The molecule has 3 aromatic rings. The number of nitrogens with zero attached hydrogens (tertiary/aromatic N) is 1. The molecule has 2 aliphatic rings. The molecule has 0 radical (unpaired) electrons. The number of hydrogen-bond donors (Lipinski definition) is 2. The van der Waals surface area contributed by atoms with Crippen molar-refractivity contribution in [2.24, 2.45) is 0 Å². The molecule has 0 bridgehead atoms. The first-order chi connectivity index (χ1) is 15.3. The molecule has 2 amide bonds. The van der Waals surface area contributed by atoms with Crippen LogP contribution in [-0.4, -0.2) is 22.2 Å². The molecular weight excluding hydrogens is 452 g/mol. The number of alkyl halides is 1. The summed E-state index contributed by atoms with van der Waals surface area (Å²) in [5, 5.41) is 5.24. The monoisotopic (exact) mass is 469 g/mol. The fraction of sp³-hybridized carbons (Fsp3) is 0.208. The van der Waals surface area contributed by atoms with Gasteiger partial charge in [-0.2, -0.15) is 0 Å². The minimum atomic E-state index is -1.35. The number of rotatable bonds is 2. The molecule has 5 rings (SSSR count). The van der Waals surface area contributed by atoms with Gasteiger partial charge in [-0.25, -0.2) is 4.39 Å². The van der Waals surface area contributed by atoms with Crippen molar-refractivity contribution in [3.63, 3.8) is 0 Å².